The number of hydrogen-bond acceptors (Lipinski definition) is 4. The fraction of sp³-hybridized carbons (Fsp3) is 0.308. The number of nitrogens with one attached hydrogen (secondary N) is 2. The predicted molar refractivity (Wildman–Crippen MR) is 77.9 cm³/mol. The number of anilines is 1. The molecule has 0 bridgehead atoms. The van der Waals surface area contributed by atoms with E-state index in [-0.39, 0.29) is 11.6 Å². The maximum Gasteiger partial charge on any atom is 0.271 e. The van der Waals surface area contributed by atoms with Crippen molar-refractivity contribution in [1.29, 1.82) is 0 Å². The van der Waals surface area contributed by atoms with Crippen molar-refractivity contribution in [3.8, 4) is 0 Å². The average Bonchev–Trinajstić information content (AvgIpc) is 2.77. The summed E-state index contributed by atoms with van der Waals surface area (Å²) in [6, 6.07) is 3.36. The number of nitrogens with zero attached hydrogens (tertiary/aromatic N) is 3. The molecular formula is C13H16ClN5O. The molecule has 7 heteroatoms. The van der Waals surface area contributed by atoms with Gasteiger partial charge in [0.15, 0.2) is 0 Å². The number of rotatable bonds is 4. The molecule has 0 fully saturated rings. The zero-order chi connectivity index (χ0) is 14.7. The first-order valence-corrected chi connectivity index (χ1v) is 6.50. The number of pyridine rings is 1. The Bertz CT molecular complexity index is 638. The van der Waals surface area contributed by atoms with Crippen LogP contribution in [0.4, 0.5) is 5.82 Å². The van der Waals surface area contributed by atoms with E-state index in [1.54, 1.807) is 30.1 Å². The number of aryl methyl sites for hydroxylation is 1. The Hall–Kier alpha value is -2.08. The van der Waals surface area contributed by atoms with Crippen molar-refractivity contribution in [3.05, 3.63) is 40.3 Å². The molecule has 0 unspecified atom stereocenters. The molecule has 0 radical (unpaired) electrons. The smallest absolute Gasteiger partial charge is 0.271 e. The zero-order valence-corrected chi connectivity index (χ0v) is 12.3. The number of hydrogen-bond donors (Lipinski definition) is 2. The summed E-state index contributed by atoms with van der Waals surface area (Å²) < 4.78 is 1.76. The van der Waals surface area contributed by atoms with Gasteiger partial charge in [0.25, 0.3) is 5.91 Å². The van der Waals surface area contributed by atoms with Crippen LogP contribution in [0.1, 0.15) is 21.7 Å². The highest BCUT2D eigenvalue weighted by Crippen LogP contribution is 2.16. The molecular weight excluding hydrogens is 278 g/mol. The summed E-state index contributed by atoms with van der Waals surface area (Å²) in [4.78, 5) is 16.3. The Morgan fingerprint density at radius 2 is 2.20 bits per heavy atom. The van der Waals surface area contributed by atoms with Gasteiger partial charge >= 0.3 is 0 Å². The van der Waals surface area contributed by atoms with Crippen LogP contribution in [0.3, 0.4) is 0 Å². The monoisotopic (exact) mass is 293 g/mol. The minimum Gasteiger partial charge on any atom is -0.373 e. The molecule has 2 rings (SSSR count). The van der Waals surface area contributed by atoms with Crippen LogP contribution in [-0.4, -0.2) is 27.7 Å². The van der Waals surface area contributed by atoms with Gasteiger partial charge in [0.1, 0.15) is 11.5 Å². The summed E-state index contributed by atoms with van der Waals surface area (Å²) >= 11 is 6.00. The van der Waals surface area contributed by atoms with E-state index in [1.165, 1.54) is 0 Å². The highest BCUT2D eigenvalue weighted by molar-refractivity contribution is 6.33. The molecule has 0 saturated heterocycles. The fourth-order valence-electron chi connectivity index (χ4n) is 1.72. The van der Waals surface area contributed by atoms with Gasteiger partial charge < -0.3 is 10.6 Å². The Kier molecular flexibility index (Phi) is 4.24. The summed E-state index contributed by atoms with van der Waals surface area (Å²) in [6.45, 7) is 2.33. The van der Waals surface area contributed by atoms with Crippen molar-refractivity contribution < 1.29 is 4.79 Å². The molecule has 20 heavy (non-hydrogen) atoms. The van der Waals surface area contributed by atoms with E-state index in [4.69, 9.17) is 11.6 Å². The van der Waals surface area contributed by atoms with Crippen molar-refractivity contribution in [2.24, 2.45) is 7.05 Å². The number of halogens is 1. The lowest BCUT2D eigenvalue weighted by Crippen LogP contribution is -2.24. The van der Waals surface area contributed by atoms with Crippen molar-refractivity contribution in [2.45, 2.75) is 13.5 Å². The number of carbonyl (C=O) groups is 1. The molecule has 106 valence electrons. The van der Waals surface area contributed by atoms with E-state index in [2.05, 4.69) is 20.7 Å². The van der Waals surface area contributed by atoms with Crippen LogP contribution in [0, 0.1) is 6.92 Å². The summed E-state index contributed by atoms with van der Waals surface area (Å²) in [6.07, 6.45) is 1.73. The first-order chi connectivity index (χ1) is 9.52. The quantitative estimate of drug-likeness (QED) is 0.901. The zero-order valence-electron chi connectivity index (χ0n) is 11.6. The lowest BCUT2D eigenvalue weighted by atomic mass is 10.2. The van der Waals surface area contributed by atoms with E-state index in [9.17, 15) is 4.79 Å². The third kappa shape index (κ3) is 2.91. The molecule has 1 amide bonds. The summed E-state index contributed by atoms with van der Waals surface area (Å²) in [5.74, 6) is 0.285. The number of aromatic nitrogens is 3. The Labute approximate surface area is 122 Å². The molecule has 0 aliphatic carbocycles. The molecule has 0 saturated carbocycles. The number of amides is 1. The predicted octanol–water partition coefficient (Wildman–Crippen LogP) is 1.75. The van der Waals surface area contributed by atoms with Crippen molar-refractivity contribution in [3.63, 3.8) is 0 Å². The molecule has 2 N–H and O–H groups in total. The van der Waals surface area contributed by atoms with Crippen LogP contribution in [0.15, 0.2) is 18.3 Å². The maximum absolute atomic E-state index is 12.1. The second kappa shape index (κ2) is 5.92. The van der Waals surface area contributed by atoms with E-state index in [0.717, 1.165) is 11.3 Å². The molecule has 0 aliphatic rings. The number of carbonyl (C=O) groups excluding carboxylic acids is 1. The Morgan fingerprint density at radius 3 is 2.80 bits per heavy atom. The molecule has 0 spiro atoms. The van der Waals surface area contributed by atoms with Gasteiger partial charge in [0.05, 0.1) is 11.2 Å². The molecule has 0 aliphatic heterocycles. The lowest BCUT2D eigenvalue weighted by Gasteiger charge is -2.07. The average molecular weight is 294 g/mol. The van der Waals surface area contributed by atoms with Crippen LogP contribution in [0.2, 0.25) is 5.02 Å². The molecule has 2 aromatic rings. The largest absolute Gasteiger partial charge is 0.373 e. The summed E-state index contributed by atoms with van der Waals surface area (Å²) in [5.41, 5.74) is 2.18. The van der Waals surface area contributed by atoms with Crippen LogP contribution in [0.5, 0.6) is 0 Å². The van der Waals surface area contributed by atoms with Gasteiger partial charge in [0, 0.05) is 31.9 Å². The van der Waals surface area contributed by atoms with Crippen molar-refractivity contribution in [1.82, 2.24) is 20.1 Å². The van der Waals surface area contributed by atoms with E-state index < -0.39 is 0 Å². The Morgan fingerprint density at radius 1 is 1.45 bits per heavy atom. The van der Waals surface area contributed by atoms with Crippen LogP contribution >= 0.6 is 11.6 Å². The molecule has 0 aromatic carbocycles. The van der Waals surface area contributed by atoms with E-state index in [1.807, 2.05) is 14.0 Å². The SMILES string of the molecule is CNc1ccc(Cl)c(C(=O)NCc2cnn(C)c2C)n1. The first-order valence-electron chi connectivity index (χ1n) is 6.13. The molecule has 2 heterocycles. The van der Waals surface area contributed by atoms with E-state index >= 15 is 0 Å². The van der Waals surface area contributed by atoms with Crippen LogP contribution in [0.25, 0.3) is 0 Å². The van der Waals surface area contributed by atoms with Gasteiger partial charge in [-0.25, -0.2) is 4.98 Å². The third-order valence-corrected chi connectivity index (χ3v) is 3.40. The first kappa shape index (κ1) is 14.3. The van der Waals surface area contributed by atoms with Gasteiger partial charge in [0.2, 0.25) is 0 Å². The van der Waals surface area contributed by atoms with Gasteiger partial charge in [-0.3, -0.25) is 9.48 Å². The standard InChI is InChI=1S/C13H16ClN5O/c1-8-9(7-17-19(8)3)6-16-13(20)12-10(14)4-5-11(15-2)18-12/h4-5,7H,6H2,1-3H3,(H,15,18)(H,16,20). The Balaban J connectivity index is 2.10. The van der Waals surface area contributed by atoms with Crippen molar-refractivity contribution in [2.75, 3.05) is 12.4 Å². The molecule has 2 aromatic heterocycles. The summed E-state index contributed by atoms with van der Waals surface area (Å²) in [7, 11) is 3.59. The van der Waals surface area contributed by atoms with Crippen LogP contribution < -0.4 is 10.6 Å². The highest BCUT2D eigenvalue weighted by Gasteiger charge is 2.13. The minimum atomic E-state index is -0.310. The second-order valence-corrected chi connectivity index (χ2v) is 4.75. The van der Waals surface area contributed by atoms with Crippen LogP contribution in [-0.2, 0) is 13.6 Å². The second-order valence-electron chi connectivity index (χ2n) is 4.34. The van der Waals surface area contributed by atoms with Crippen molar-refractivity contribution >= 4 is 23.3 Å². The summed E-state index contributed by atoms with van der Waals surface area (Å²) in [5, 5.41) is 10.1. The molecule has 6 nitrogen and oxygen atoms in total. The van der Waals surface area contributed by atoms with E-state index in [0.29, 0.717) is 17.4 Å². The highest BCUT2D eigenvalue weighted by atomic mass is 35.5. The van der Waals surface area contributed by atoms with Gasteiger partial charge in [-0.05, 0) is 19.1 Å². The van der Waals surface area contributed by atoms with Gasteiger partial charge in [-0.1, -0.05) is 11.6 Å². The fourth-order valence-corrected chi connectivity index (χ4v) is 1.91. The minimum absolute atomic E-state index is 0.208. The normalized spacial score (nSPS) is 10.4. The lowest BCUT2D eigenvalue weighted by molar-refractivity contribution is 0.0946. The maximum atomic E-state index is 12.1. The van der Waals surface area contributed by atoms with Gasteiger partial charge in [-0.15, -0.1) is 0 Å². The molecule has 0 atom stereocenters. The third-order valence-electron chi connectivity index (χ3n) is 3.09. The van der Waals surface area contributed by atoms with Gasteiger partial charge in [-0.2, -0.15) is 5.10 Å². The topological polar surface area (TPSA) is 71.8 Å².